The Morgan fingerprint density at radius 3 is 2.53 bits per heavy atom. The lowest BCUT2D eigenvalue weighted by Crippen LogP contribution is -2.45. The van der Waals surface area contributed by atoms with Crippen LogP contribution in [0.15, 0.2) is 79.9 Å². The number of carbonyl (C=O) groups is 2. The molecule has 1 heterocycles. The molecule has 3 aromatic carbocycles. The highest BCUT2D eigenvalue weighted by Crippen LogP contribution is 2.36. The number of esters is 1. The highest BCUT2D eigenvalue weighted by atomic mass is 79.9. The monoisotopic (exact) mass is 764 g/mol. The first-order valence-corrected chi connectivity index (χ1v) is 15.7. The van der Waals surface area contributed by atoms with E-state index in [1.54, 1.807) is 31.3 Å². The van der Waals surface area contributed by atoms with Gasteiger partial charge in [0, 0.05) is 16.3 Å². The van der Waals surface area contributed by atoms with Crippen LogP contribution >= 0.6 is 43.5 Å². The van der Waals surface area contributed by atoms with E-state index in [1.165, 1.54) is 7.11 Å². The minimum atomic E-state index is -1.15. The SMILES string of the molecule is CCOc1cc([C@@H]2NC(=O)NC(C)=C2C(=O)OC)ccc1OC[C@@H](O)N/N=C\c1cc(Br)c(OCc2ccccc2Cl)c(Br)c1. The van der Waals surface area contributed by atoms with Crippen LogP contribution < -0.4 is 30.3 Å². The second kappa shape index (κ2) is 16.0. The van der Waals surface area contributed by atoms with Crippen molar-refractivity contribution in [3.63, 3.8) is 0 Å². The lowest BCUT2D eigenvalue weighted by molar-refractivity contribution is -0.136. The second-order valence-corrected chi connectivity index (χ2v) is 11.7. The summed E-state index contributed by atoms with van der Waals surface area (Å²) in [6.45, 7) is 3.91. The summed E-state index contributed by atoms with van der Waals surface area (Å²) < 4.78 is 23.8. The van der Waals surface area contributed by atoms with Crippen LogP contribution in [-0.2, 0) is 16.1 Å². The first-order chi connectivity index (χ1) is 21.6. The van der Waals surface area contributed by atoms with E-state index in [9.17, 15) is 14.7 Å². The van der Waals surface area contributed by atoms with E-state index in [1.807, 2.05) is 43.3 Å². The molecule has 238 valence electrons. The first kappa shape index (κ1) is 34.1. The number of nitrogens with zero attached hydrogens (tertiary/aromatic N) is 1. The molecule has 1 aliphatic heterocycles. The number of nitrogens with one attached hydrogen (secondary N) is 3. The number of aliphatic hydroxyl groups excluding tert-OH is 1. The summed E-state index contributed by atoms with van der Waals surface area (Å²) in [6, 6.07) is 14.9. The molecule has 0 aromatic heterocycles. The molecule has 0 bridgehead atoms. The maximum Gasteiger partial charge on any atom is 0.337 e. The quantitative estimate of drug-likeness (QED) is 0.0724. The third-order valence-electron chi connectivity index (χ3n) is 6.46. The van der Waals surface area contributed by atoms with Crippen molar-refractivity contribution >= 4 is 61.7 Å². The van der Waals surface area contributed by atoms with Crippen LogP contribution in [0.4, 0.5) is 4.79 Å². The Morgan fingerprint density at radius 1 is 1.11 bits per heavy atom. The summed E-state index contributed by atoms with van der Waals surface area (Å²) >= 11 is 13.3. The molecule has 1 aliphatic rings. The van der Waals surface area contributed by atoms with Gasteiger partial charge in [0.25, 0.3) is 0 Å². The van der Waals surface area contributed by atoms with Crippen molar-refractivity contribution in [1.29, 1.82) is 0 Å². The third-order valence-corrected chi connectivity index (χ3v) is 8.01. The molecule has 0 unspecified atom stereocenters. The van der Waals surface area contributed by atoms with Crippen LogP contribution in [-0.4, -0.2) is 49.9 Å². The number of ether oxygens (including phenoxy) is 4. The van der Waals surface area contributed by atoms with Gasteiger partial charge in [-0.15, -0.1) is 0 Å². The Morgan fingerprint density at radius 2 is 1.84 bits per heavy atom. The van der Waals surface area contributed by atoms with Gasteiger partial charge in [-0.3, -0.25) is 5.43 Å². The van der Waals surface area contributed by atoms with Gasteiger partial charge in [-0.2, -0.15) is 5.10 Å². The fourth-order valence-corrected chi connectivity index (χ4v) is 6.02. The number of urea groups is 1. The largest absolute Gasteiger partial charge is 0.490 e. The zero-order valence-electron chi connectivity index (χ0n) is 24.5. The minimum Gasteiger partial charge on any atom is -0.490 e. The summed E-state index contributed by atoms with van der Waals surface area (Å²) in [5.41, 5.74) is 5.46. The normalized spacial score (nSPS) is 15.3. The van der Waals surface area contributed by atoms with Gasteiger partial charge in [-0.1, -0.05) is 35.9 Å². The smallest absolute Gasteiger partial charge is 0.337 e. The maximum atomic E-state index is 12.4. The molecular formula is C31H31Br2ClN4O7. The zero-order valence-corrected chi connectivity index (χ0v) is 28.5. The number of benzene rings is 3. The Balaban J connectivity index is 1.37. The summed E-state index contributed by atoms with van der Waals surface area (Å²) in [6.07, 6.45) is 0.388. The van der Waals surface area contributed by atoms with Gasteiger partial charge >= 0.3 is 12.0 Å². The molecule has 0 radical (unpaired) electrons. The van der Waals surface area contributed by atoms with E-state index in [2.05, 4.69) is 53.0 Å². The molecule has 0 saturated carbocycles. The predicted molar refractivity (Wildman–Crippen MR) is 177 cm³/mol. The van der Waals surface area contributed by atoms with Crippen molar-refractivity contribution in [3.05, 3.63) is 96.5 Å². The van der Waals surface area contributed by atoms with E-state index in [-0.39, 0.29) is 12.2 Å². The number of methoxy groups -OCH3 is 1. The fraction of sp³-hybridized carbons (Fsp3) is 0.258. The number of allylic oxidation sites excluding steroid dienone is 1. The molecule has 11 nitrogen and oxygen atoms in total. The van der Waals surface area contributed by atoms with Crippen molar-refractivity contribution in [3.8, 4) is 17.2 Å². The third kappa shape index (κ3) is 8.91. The number of hydrazone groups is 1. The Hall–Kier alpha value is -3.78. The number of halogens is 3. The van der Waals surface area contributed by atoms with Crippen molar-refractivity contribution in [1.82, 2.24) is 16.1 Å². The molecule has 2 amide bonds. The average molecular weight is 767 g/mol. The number of hydrogen-bond donors (Lipinski definition) is 4. The average Bonchev–Trinajstić information content (AvgIpc) is 3.00. The van der Waals surface area contributed by atoms with Crippen molar-refractivity contribution in [2.75, 3.05) is 20.3 Å². The Bertz CT molecular complexity index is 1600. The molecule has 4 N–H and O–H groups in total. The minimum absolute atomic E-state index is 0.157. The van der Waals surface area contributed by atoms with Crippen molar-refractivity contribution < 1.29 is 33.6 Å². The van der Waals surface area contributed by atoms with E-state index < -0.39 is 24.3 Å². The summed E-state index contributed by atoms with van der Waals surface area (Å²) in [7, 11) is 1.27. The number of aliphatic hydroxyl groups is 1. The van der Waals surface area contributed by atoms with Crippen LogP contribution in [0.5, 0.6) is 17.2 Å². The predicted octanol–water partition coefficient (Wildman–Crippen LogP) is 5.96. The fourth-order valence-electron chi connectivity index (χ4n) is 4.38. The van der Waals surface area contributed by atoms with Gasteiger partial charge in [-0.25, -0.2) is 9.59 Å². The van der Waals surface area contributed by atoms with Gasteiger partial charge in [0.05, 0.1) is 40.5 Å². The van der Waals surface area contributed by atoms with Crippen LogP contribution in [0, 0.1) is 0 Å². The molecule has 0 aliphatic carbocycles. The molecular weight excluding hydrogens is 736 g/mol. The van der Waals surface area contributed by atoms with E-state index >= 15 is 0 Å². The van der Waals surface area contributed by atoms with Crippen LogP contribution in [0.25, 0.3) is 0 Å². The van der Waals surface area contributed by atoms with Gasteiger partial charge in [0.15, 0.2) is 17.7 Å². The van der Waals surface area contributed by atoms with Crippen molar-refractivity contribution in [2.24, 2.45) is 5.10 Å². The van der Waals surface area contributed by atoms with Gasteiger partial charge in [-0.05, 0) is 87.2 Å². The van der Waals surface area contributed by atoms with E-state index in [0.717, 1.165) is 11.1 Å². The standard InChI is InChI=1S/C31H31Br2ClN4O7/c1-4-43-25-13-19(28-27(30(40)42-3)17(2)36-31(41)37-28)9-10-24(25)44-16-26(39)38-35-14-18-11-21(32)29(22(33)12-18)45-15-20-7-5-6-8-23(20)34/h5-14,26,28,38-39H,4,15-16H2,1-3H3,(H2,36,37,41)/b35-14-/t26-,28+/m1/s1. The molecule has 0 spiro atoms. The number of rotatable bonds is 13. The zero-order chi connectivity index (χ0) is 32.5. The summed E-state index contributed by atoms with van der Waals surface area (Å²) in [5.74, 6) is 0.758. The topological polar surface area (TPSA) is 140 Å². The first-order valence-electron chi connectivity index (χ1n) is 13.7. The maximum absolute atomic E-state index is 12.4. The second-order valence-electron chi connectivity index (χ2n) is 9.61. The van der Waals surface area contributed by atoms with Crippen LogP contribution in [0.2, 0.25) is 5.02 Å². The molecule has 0 saturated heterocycles. The Kier molecular flexibility index (Phi) is 12.1. The lowest BCUT2D eigenvalue weighted by atomic mass is 9.95. The van der Waals surface area contributed by atoms with Crippen molar-refractivity contribution in [2.45, 2.75) is 32.7 Å². The highest BCUT2D eigenvalue weighted by molar-refractivity contribution is 9.11. The molecule has 45 heavy (non-hydrogen) atoms. The summed E-state index contributed by atoms with van der Waals surface area (Å²) in [5, 5.41) is 20.5. The summed E-state index contributed by atoms with van der Waals surface area (Å²) in [4.78, 5) is 24.6. The highest BCUT2D eigenvalue weighted by Gasteiger charge is 2.32. The number of carbonyl (C=O) groups excluding carboxylic acids is 2. The molecule has 4 rings (SSSR count). The molecule has 14 heteroatoms. The molecule has 3 aromatic rings. The molecule has 2 atom stereocenters. The Labute approximate surface area is 282 Å². The van der Waals surface area contributed by atoms with Gasteiger partial charge in [0.2, 0.25) is 0 Å². The lowest BCUT2D eigenvalue weighted by Gasteiger charge is -2.28. The van der Waals surface area contributed by atoms with Gasteiger partial charge < -0.3 is 34.7 Å². The molecule has 0 fully saturated rings. The van der Waals surface area contributed by atoms with E-state index in [4.69, 9.17) is 30.5 Å². The van der Waals surface area contributed by atoms with Crippen LogP contribution in [0.3, 0.4) is 0 Å². The number of amides is 2. The number of hydrogen-bond acceptors (Lipinski definition) is 9. The van der Waals surface area contributed by atoms with Crippen LogP contribution in [0.1, 0.15) is 36.6 Å². The van der Waals surface area contributed by atoms with E-state index in [0.29, 0.717) is 55.7 Å². The van der Waals surface area contributed by atoms with Gasteiger partial charge in [0.1, 0.15) is 19.0 Å².